The first-order valence-corrected chi connectivity index (χ1v) is 9.36. The number of rotatable bonds is 3. The van der Waals surface area contributed by atoms with Crippen LogP contribution in [0.3, 0.4) is 0 Å². The van der Waals surface area contributed by atoms with Gasteiger partial charge in [0.25, 0.3) is 0 Å². The molecule has 0 amide bonds. The van der Waals surface area contributed by atoms with Gasteiger partial charge in [0.1, 0.15) is 18.2 Å². The molecule has 2 fully saturated rings. The maximum Gasteiger partial charge on any atom is 0.322 e. The molecule has 2 aliphatic carbocycles. The van der Waals surface area contributed by atoms with Crippen molar-refractivity contribution in [1.82, 2.24) is 0 Å². The molecule has 0 heterocycles. The fraction of sp³-hybridized carbons (Fsp3) is 0.889. The summed E-state index contributed by atoms with van der Waals surface area (Å²) < 4.78 is 5.19. The van der Waals surface area contributed by atoms with Crippen LogP contribution < -0.4 is 11.5 Å². The fourth-order valence-electron chi connectivity index (χ4n) is 2.54. The van der Waals surface area contributed by atoms with E-state index in [1.54, 1.807) is 6.92 Å². The summed E-state index contributed by atoms with van der Waals surface area (Å²) in [5, 5.41) is 16.8. The number of carbonyl (C=O) groups is 2. The standard InChI is InChI=1S/C9H17NO2.C6H12O.C3H7NO2.ClH/c1-7(10)9(11)12-8-5-3-2-4-6-8;7-6-4-2-1-3-5-6;1-2(4)3(5)6;/h7-8H,2-6,10H2,1H3;6-7H,1-5H2;2H,4H2,1H3,(H,5,6);1H/t7-;;2-;/m0.0./s1. The number of hydrogen-bond acceptors (Lipinski definition) is 6. The molecular weight excluding hydrogens is 360 g/mol. The Morgan fingerprint density at radius 1 is 0.885 bits per heavy atom. The van der Waals surface area contributed by atoms with Crippen molar-refractivity contribution in [3.8, 4) is 0 Å². The lowest BCUT2D eigenvalue weighted by Gasteiger charge is -2.22. The zero-order chi connectivity index (χ0) is 19.2. The number of hydrogen-bond donors (Lipinski definition) is 4. The van der Waals surface area contributed by atoms with Gasteiger partial charge >= 0.3 is 11.9 Å². The molecule has 8 heteroatoms. The van der Waals surface area contributed by atoms with Crippen molar-refractivity contribution in [3.63, 3.8) is 0 Å². The predicted molar refractivity (Wildman–Crippen MR) is 104 cm³/mol. The summed E-state index contributed by atoms with van der Waals surface area (Å²) >= 11 is 0. The van der Waals surface area contributed by atoms with Crippen molar-refractivity contribution in [1.29, 1.82) is 0 Å². The highest BCUT2D eigenvalue weighted by molar-refractivity contribution is 5.85. The summed E-state index contributed by atoms with van der Waals surface area (Å²) in [5.41, 5.74) is 10.2. The molecule has 0 aromatic heterocycles. The summed E-state index contributed by atoms with van der Waals surface area (Å²) in [5.74, 6) is -1.23. The first-order valence-electron chi connectivity index (χ1n) is 9.36. The monoisotopic (exact) mass is 396 g/mol. The van der Waals surface area contributed by atoms with Crippen molar-refractivity contribution >= 4 is 24.3 Å². The summed E-state index contributed by atoms with van der Waals surface area (Å²) in [6.45, 7) is 3.08. The number of carboxylic acid groups (broad SMARTS) is 1. The van der Waals surface area contributed by atoms with Crippen LogP contribution in [0.1, 0.15) is 78.1 Å². The van der Waals surface area contributed by atoms with E-state index in [0.717, 1.165) is 25.7 Å². The quantitative estimate of drug-likeness (QED) is 0.537. The summed E-state index contributed by atoms with van der Waals surface area (Å²) in [6.07, 6.45) is 11.7. The first kappa shape index (κ1) is 27.3. The fourth-order valence-corrected chi connectivity index (χ4v) is 2.54. The van der Waals surface area contributed by atoms with Crippen LogP contribution in [0.15, 0.2) is 0 Å². The normalized spacial score (nSPS) is 20.0. The number of carboxylic acids is 1. The van der Waals surface area contributed by atoms with Crippen molar-refractivity contribution in [3.05, 3.63) is 0 Å². The molecule has 0 aromatic rings. The lowest BCUT2D eigenvalue weighted by atomic mass is 9.98. The number of carbonyl (C=O) groups excluding carboxylic acids is 1. The Morgan fingerprint density at radius 3 is 1.54 bits per heavy atom. The molecule has 0 spiro atoms. The van der Waals surface area contributed by atoms with Gasteiger partial charge in [-0.25, -0.2) is 0 Å². The molecule has 7 nitrogen and oxygen atoms in total. The molecule has 0 bridgehead atoms. The van der Waals surface area contributed by atoms with Gasteiger partial charge in [-0.2, -0.15) is 0 Å². The van der Waals surface area contributed by atoms with Crippen molar-refractivity contribution < 1.29 is 24.5 Å². The van der Waals surface area contributed by atoms with E-state index in [2.05, 4.69) is 0 Å². The van der Waals surface area contributed by atoms with Crippen LogP contribution in [0.4, 0.5) is 0 Å². The number of nitrogens with two attached hydrogens (primary N) is 2. The van der Waals surface area contributed by atoms with Crippen LogP contribution in [0, 0.1) is 0 Å². The second-order valence-electron chi connectivity index (χ2n) is 6.90. The second kappa shape index (κ2) is 16.3. The minimum absolute atomic E-state index is 0. The maximum absolute atomic E-state index is 11.1. The molecule has 2 rings (SSSR count). The molecule has 0 aromatic carbocycles. The van der Waals surface area contributed by atoms with Crippen LogP contribution in [0.2, 0.25) is 0 Å². The zero-order valence-corrected chi connectivity index (χ0v) is 16.9. The third kappa shape index (κ3) is 15.4. The molecule has 2 aliphatic rings. The smallest absolute Gasteiger partial charge is 0.322 e. The number of aliphatic hydroxyl groups excluding tert-OH is 1. The van der Waals surface area contributed by atoms with Gasteiger partial charge in [0.2, 0.25) is 0 Å². The Morgan fingerprint density at radius 2 is 1.27 bits per heavy atom. The average molecular weight is 397 g/mol. The van der Waals surface area contributed by atoms with Crippen LogP contribution in [0.5, 0.6) is 0 Å². The molecule has 2 atom stereocenters. The maximum atomic E-state index is 11.1. The summed E-state index contributed by atoms with van der Waals surface area (Å²) in [7, 11) is 0. The molecular formula is C18H37ClN2O5. The Balaban J connectivity index is 0. The van der Waals surface area contributed by atoms with Gasteiger partial charge in [0.05, 0.1) is 6.10 Å². The number of aliphatic carboxylic acids is 1. The SMILES string of the molecule is C[C@H](N)C(=O)O.C[C@H](N)C(=O)OC1CCCCC1.Cl.OC1CCCCC1. The van der Waals surface area contributed by atoms with Crippen LogP contribution in [0.25, 0.3) is 0 Å². The van der Waals surface area contributed by atoms with Crippen LogP contribution in [-0.2, 0) is 14.3 Å². The van der Waals surface area contributed by atoms with Gasteiger partial charge in [-0.1, -0.05) is 25.7 Å². The van der Waals surface area contributed by atoms with Gasteiger partial charge in [0, 0.05) is 0 Å². The van der Waals surface area contributed by atoms with Crippen molar-refractivity contribution in [2.45, 2.75) is 102 Å². The van der Waals surface area contributed by atoms with Crippen molar-refractivity contribution in [2.75, 3.05) is 0 Å². The molecule has 0 unspecified atom stereocenters. The van der Waals surface area contributed by atoms with E-state index in [1.807, 2.05) is 0 Å². The van der Waals surface area contributed by atoms with Gasteiger partial charge in [0.15, 0.2) is 0 Å². The Bertz CT molecular complexity index is 369. The zero-order valence-electron chi connectivity index (χ0n) is 16.1. The highest BCUT2D eigenvalue weighted by Gasteiger charge is 2.19. The summed E-state index contributed by atoms with van der Waals surface area (Å²) in [4.78, 5) is 20.6. The number of halogens is 1. The number of esters is 1. The first-order chi connectivity index (χ1) is 11.7. The van der Waals surface area contributed by atoms with Crippen LogP contribution in [-0.4, -0.2) is 46.4 Å². The minimum Gasteiger partial charge on any atom is -0.480 e. The van der Waals surface area contributed by atoms with E-state index in [4.69, 9.17) is 26.4 Å². The van der Waals surface area contributed by atoms with Gasteiger partial charge in [-0.3, -0.25) is 9.59 Å². The Hall–Kier alpha value is -0.890. The van der Waals surface area contributed by atoms with E-state index < -0.39 is 18.1 Å². The lowest BCUT2D eigenvalue weighted by molar-refractivity contribution is -0.151. The van der Waals surface area contributed by atoms with E-state index in [1.165, 1.54) is 45.4 Å². The molecule has 26 heavy (non-hydrogen) atoms. The molecule has 0 saturated heterocycles. The Labute approximate surface area is 163 Å². The van der Waals surface area contributed by atoms with E-state index in [9.17, 15) is 9.59 Å². The van der Waals surface area contributed by atoms with Gasteiger partial charge in [-0.15, -0.1) is 12.4 Å². The van der Waals surface area contributed by atoms with E-state index in [0.29, 0.717) is 0 Å². The third-order valence-electron chi connectivity index (χ3n) is 4.17. The summed E-state index contributed by atoms with van der Waals surface area (Å²) in [6, 6.07) is -1.21. The van der Waals surface area contributed by atoms with Gasteiger partial charge in [-0.05, 0) is 52.4 Å². The van der Waals surface area contributed by atoms with Gasteiger partial charge < -0.3 is 26.4 Å². The number of ether oxygens (including phenoxy) is 1. The molecule has 0 radical (unpaired) electrons. The average Bonchev–Trinajstić information content (AvgIpc) is 2.57. The minimum atomic E-state index is -0.963. The lowest BCUT2D eigenvalue weighted by Crippen LogP contribution is -2.32. The molecule has 156 valence electrons. The largest absolute Gasteiger partial charge is 0.480 e. The third-order valence-corrected chi connectivity index (χ3v) is 4.17. The van der Waals surface area contributed by atoms with E-state index >= 15 is 0 Å². The molecule has 6 N–H and O–H groups in total. The van der Waals surface area contributed by atoms with Crippen LogP contribution >= 0.6 is 12.4 Å². The highest BCUT2D eigenvalue weighted by atomic mass is 35.5. The predicted octanol–water partition coefficient (Wildman–Crippen LogP) is 2.36. The van der Waals surface area contributed by atoms with E-state index in [-0.39, 0.29) is 30.6 Å². The molecule has 0 aliphatic heterocycles. The molecule has 2 saturated carbocycles. The van der Waals surface area contributed by atoms with Crippen molar-refractivity contribution in [2.24, 2.45) is 11.5 Å². The Kier molecular flexibility index (Phi) is 17.1. The topological polar surface area (TPSA) is 136 Å². The highest BCUT2D eigenvalue weighted by Crippen LogP contribution is 2.20. The second-order valence-corrected chi connectivity index (χ2v) is 6.90. The number of aliphatic hydroxyl groups is 1.